The van der Waals surface area contributed by atoms with E-state index in [9.17, 15) is 9.59 Å². The van der Waals surface area contributed by atoms with Gasteiger partial charge in [-0.15, -0.1) is 0 Å². The Hall–Kier alpha value is -3.60. The predicted molar refractivity (Wildman–Crippen MR) is 105 cm³/mol. The number of amides is 2. The van der Waals surface area contributed by atoms with E-state index in [2.05, 4.69) is 10.6 Å². The number of carbonyl (C=O) groups excluding carboxylic acids is 2. The number of aryl methyl sites for hydroxylation is 2. The summed E-state index contributed by atoms with van der Waals surface area (Å²) < 4.78 is 5.28. The fourth-order valence-corrected chi connectivity index (χ4v) is 2.47. The molecule has 0 aliphatic rings. The molecule has 3 aromatic rings. The van der Waals surface area contributed by atoms with Gasteiger partial charge >= 0.3 is 0 Å². The largest absolute Gasteiger partial charge is 0.465 e. The summed E-state index contributed by atoms with van der Waals surface area (Å²) in [6.45, 7) is 3.92. The molecule has 0 radical (unpaired) electrons. The third kappa shape index (κ3) is 4.73. The summed E-state index contributed by atoms with van der Waals surface area (Å²) in [5, 5.41) is 5.46. The first-order chi connectivity index (χ1) is 13.0. The molecule has 5 nitrogen and oxygen atoms in total. The summed E-state index contributed by atoms with van der Waals surface area (Å²) in [5.74, 6) is -0.331. The van der Waals surface area contributed by atoms with Crippen molar-refractivity contribution in [1.29, 1.82) is 0 Å². The van der Waals surface area contributed by atoms with Crippen LogP contribution in [-0.4, -0.2) is 11.8 Å². The van der Waals surface area contributed by atoms with Gasteiger partial charge in [0.2, 0.25) is 0 Å². The molecule has 0 saturated carbocycles. The van der Waals surface area contributed by atoms with Crippen LogP contribution in [0.1, 0.15) is 27.2 Å². The van der Waals surface area contributed by atoms with Gasteiger partial charge in [0, 0.05) is 17.3 Å². The first kappa shape index (κ1) is 18.2. The van der Waals surface area contributed by atoms with E-state index in [1.807, 2.05) is 38.1 Å². The van der Waals surface area contributed by atoms with Crippen molar-refractivity contribution in [3.63, 3.8) is 0 Å². The van der Waals surface area contributed by atoms with Gasteiger partial charge in [-0.2, -0.15) is 0 Å². The number of hydrogen-bond donors (Lipinski definition) is 2. The van der Waals surface area contributed by atoms with Crippen LogP contribution in [0.2, 0.25) is 0 Å². The van der Waals surface area contributed by atoms with E-state index < -0.39 is 5.91 Å². The molecule has 0 saturated heterocycles. The molecule has 0 fully saturated rings. The molecule has 0 unspecified atom stereocenters. The van der Waals surface area contributed by atoms with E-state index in [-0.39, 0.29) is 11.6 Å². The van der Waals surface area contributed by atoms with Crippen LogP contribution in [0.3, 0.4) is 0 Å². The summed E-state index contributed by atoms with van der Waals surface area (Å²) >= 11 is 0. The maximum atomic E-state index is 12.7. The lowest BCUT2D eigenvalue weighted by Gasteiger charge is -2.11. The van der Waals surface area contributed by atoms with Gasteiger partial charge < -0.3 is 15.1 Å². The van der Waals surface area contributed by atoms with Crippen LogP contribution in [0, 0.1) is 13.8 Å². The monoisotopic (exact) mass is 360 g/mol. The number of carbonyl (C=O) groups is 2. The molecule has 3 rings (SSSR count). The molecule has 0 spiro atoms. The Bertz CT molecular complexity index is 974. The van der Waals surface area contributed by atoms with Crippen molar-refractivity contribution in [3.8, 4) is 0 Å². The fraction of sp³-hybridized carbons (Fsp3) is 0.0909. The lowest BCUT2D eigenvalue weighted by Crippen LogP contribution is -2.30. The zero-order valence-electron chi connectivity index (χ0n) is 15.2. The van der Waals surface area contributed by atoms with Gasteiger partial charge in [-0.1, -0.05) is 24.3 Å². The molecule has 27 heavy (non-hydrogen) atoms. The molecular formula is C22H20N2O3. The van der Waals surface area contributed by atoms with Crippen molar-refractivity contribution in [1.82, 2.24) is 5.32 Å². The molecule has 2 amide bonds. The first-order valence-corrected chi connectivity index (χ1v) is 8.53. The molecule has 0 bridgehead atoms. The Morgan fingerprint density at radius 2 is 1.70 bits per heavy atom. The molecule has 0 aliphatic heterocycles. The van der Waals surface area contributed by atoms with E-state index >= 15 is 0 Å². The van der Waals surface area contributed by atoms with Crippen molar-refractivity contribution < 1.29 is 14.0 Å². The molecule has 136 valence electrons. The average Bonchev–Trinajstić information content (AvgIpc) is 3.17. The minimum Gasteiger partial charge on any atom is -0.465 e. The third-order valence-electron chi connectivity index (χ3n) is 4.12. The minimum absolute atomic E-state index is 0.0945. The number of hydrogen-bond acceptors (Lipinski definition) is 3. The Kier molecular flexibility index (Phi) is 5.52. The van der Waals surface area contributed by atoms with E-state index in [1.165, 1.54) is 12.3 Å². The minimum atomic E-state index is -0.435. The second-order valence-corrected chi connectivity index (χ2v) is 6.15. The van der Waals surface area contributed by atoms with Gasteiger partial charge in [0.15, 0.2) is 0 Å². The van der Waals surface area contributed by atoms with Gasteiger partial charge in [-0.3, -0.25) is 9.59 Å². The second kappa shape index (κ2) is 8.19. The topological polar surface area (TPSA) is 71.3 Å². The highest BCUT2D eigenvalue weighted by atomic mass is 16.3. The summed E-state index contributed by atoms with van der Waals surface area (Å²) in [4.78, 5) is 25.3. The highest BCUT2D eigenvalue weighted by molar-refractivity contribution is 6.10. The van der Waals surface area contributed by atoms with Crippen molar-refractivity contribution in [2.24, 2.45) is 0 Å². The van der Waals surface area contributed by atoms with Gasteiger partial charge in [-0.05, 0) is 61.4 Å². The quantitative estimate of drug-likeness (QED) is 0.666. The van der Waals surface area contributed by atoms with Gasteiger partial charge in [-0.25, -0.2) is 0 Å². The van der Waals surface area contributed by atoms with E-state index in [0.29, 0.717) is 17.0 Å². The lowest BCUT2D eigenvalue weighted by atomic mass is 10.1. The molecule has 0 atom stereocenters. The second-order valence-electron chi connectivity index (χ2n) is 6.15. The number of anilines is 1. The molecule has 2 N–H and O–H groups in total. The maximum Gasteiger partial charge on any atom is 0.272 e. The SMILES string of the molecule is Cc1ccc(C(=O)N/C(=C\c2ccco2)C(=O)Nc2ccccc2)cc1C. The predicted octanol–water partition coefficient (Wildman–Crippen LogP) is 4.31. The number of benzene rings is 2. The maximum absolute atomic E-state index is 12.7. The van der Waals surface area contributed by atoms with Crippen molar-refractivity contribution in [2.45, 2.75) is 13.8 Å². The number of furan rings is 1. The Morgan fingerprint density at radius 1 is 0.926 bits per heavy atom. The van der Waals surface area contributed by atoms with E-state index in [4.69, 9.17) is 4.42 Å². The van der Waals surface area contributed by atoms with Gasteiger partial charge in [0.05, 0.1) is 6.26 Å². The number of nitrogens with one attached hydrogen (secondary N) is 2. The van der Waals surface area contributed by atoms with Crippen LogP contribution in [-0.2, 0) is 4.79 Å². The Balaban J connectivity index is 1.84. The fourth-order valence-electron chi connectivity index (χ4n) is 2.47. The summed E-state index contributed by atoms with van der Waals surface area (Å²) in [6, 6.07) is 17.9. The number of rotatable bonds is 5. The zero-order chi connectivity index (χ0) is 19.2. The molecule has 1 heterocycles. The lowest BCUT2D eigenvalue weighted by molar-refractivity contribution is -0.113. The van der Waals surface area contributed by atoms with E-state index in [1.54, 1.807) is 36.4 Å². The normalized spacial score (nSPS) is 11.1. The van der Waals surface area contributed by atoms with Gasteiger partial charge in [0.1, 0.15) is 11.5 Å². The molecule has 1 aromatic heterocycles. The molecule has 5 heteroatoms. The third-order valence-corrected chi connectivity index (χ3v) is 4.12. The average molecular weight is 360 g/mol. The van der Waals surface area contributed by atoms with Crippen molar-refractivity contribution in [2.75, 3.05) is 5.32 Å². The molecule has 2 aromatic carbocycles. The summed E-state index contributed by atoms with van der Waals surface area (Å²) in [7, 11) is 0. The van der Waals surface area contributed by atoms with E-state index in [0.717, 1.165) is 11.1 Å². The molecule has 0 aliphatic carbocycles. The van der Waals surface area contributed by atoms with Crippen LogP contribution in [0.25, 0.3) is 6.08 Å². The highest BCUT2D eigenvalue weighted by Gasteiger charge is 2.16. The van der Waals surface area contributed by atoms with Crippen molar-refractivity contribution in [3.05, 3.63) is 95.1 Å². The number of para-hydroxylation sites is 1. The van der Waals surface area contributed by atoms with Crippen LogP contribution in [0.5, 0.6) is 0 Å². The highest BCUT2D eigenvalue weighted by Crippen LogP contribution is 2.13. The summed E-state index contributed by atoms with van der Waals surface area (Å²) in [6.07, 6.45) is 3.00. The Morgan fingerprint density at radius 3 is 2.37 bits per heavy atom. The zero-order valence-corrected chi connectivity index (χ0v) is 15.2. The standard InChI is InChI=1S/C22H20N2O3/c1-15-10-11-17(13-16(15)2)21(25)24-20(14-19-9-6-12-27-19)22(26)23-18-7-4-3-5-8-18/h3-14H,1-2H3,(H,23,26)(H,24,25)/b20-14-. The van der Waals surface area contributed by atoms with Crippen LogP contribution >= 0.6 is 0 Å². The van der Waals surface area contributed by atoms with Crippen LogP contribution in [0.4, 0.5) is 5.69 Å². The first-order valence-electron chi connectivity index (χ1n) is 8.53. The van der Waals surface area contributed by atoms with Crippen molar-refractivity contribution >= 4 is 23.6 Å². The van der Waals surface area contributed by atoms with Gasteiger partial charge in [0.25, 0.3) is 11.8 Å². The Labute approximate surface area is 157 Å². The smallest absolute Gasteiger partial charge is 0.272 e. The summed E-state index contributed by atoms with van der Waals surface area (Å²) in [5.41, 5.74) is 3.31. The van der Waals surface area contributed by atoms with Crippen LogP contribution < -0.4 is 10.6 Å². The molecular weight excluding hydrogens is 340 g/mol. The van der Waals surface area contributed by atoms with Crippen LogP contribution in [0.15, 0.2) is 77.0 Å².